The molecule has 0 aliphatic heterocycles. The highest BCUT2D eigenvalue weighted by molar-refractivity contribution is 6.07. The summed E-state index contributed by atoms with van der Waals surface area (Å²) in [7, 11) is 3.53. The van der Waals surface area contributed by atoms with Crippen molar-refractivity contribution in [1.82, 2.24) is 19.7 Å². The second-order valence-electron chi connectivity index (χ2n) is 7.14. The first kappa shape index (κ1) is 17.9. The van der Waals surface area contributed by atoms with Crippen LogP contribution < -0.4 is 0 Å². The molecule has 1 amide bonds. The van der Waals surface area contributed by atoms with Crippen molar-refractivity contribution in [3.8, 4) is 11.3 Å². The molecule has 2 heterocycles. The van der Waals surface area contributed by atoms with E-state index in [-0.39, 0.29) is 5.91 Å². The van der Waals surface area contributed by atoms with Gasteiger partial charge < -0.3 is 4.90 Å². The Morgan fingerprint density at radius 3 is 2.61 bits per heavy atom. The van der Waals surface area contributed by atoms with Crippen LogP contribution in [0.5, 0.6) is 0 Å². The lowest BCUT2D eigenvalue weighted by Crippen LogP contribution is -2.22. The largest absolute Gasteiger partial charge is 0.345 e. The number of hydrogen-bond donors (Lipinski definition) is 0. The first-order chi connectivity index (χ1) is 13.5. The number of carbonyl (C=O) groups excluding carboxylic acids is 1. The number of nitrogens with zero attached hydrogens (tertiary/aromatic N) is 4. The van der Waals surface area contributed by atoms with Gasteiger partial charge in [0.25, 0.3) is 5.91 Å². The van der Waals surface area contributed by atoms with Crippen LogP contribution in [0, 0.1) is 6.92 Å². The van der Waals surface area contributed by atoms with Gasteiger partial charge in [-0.05, 0) is 24.1 Å². The standard InChI is InChI=1S/C23H22N4O/c1-16-8-7-11-19-20(23(28)26(2)3)12-21(25-22(16)19)18-13-24-27(15-18)14-17-9-5-4-6-10-17/h4-13,15H,14H2,1-3H3. The summed E-state index contributed by atoms with van der Waals surface area (Å²) in [4.78, 5) is 19.2. The molecule has 5 nitrogen and oxygen atoms in total. The van der Waals surface area contributed by atoms with Crippen molar-refractivity contribution in [2.24, 2.45) is 0 Å². The Morgan fingerprint density at radius 2 is 1.86 bits per heavy atom. The Labute approximate surface area is 164 Å². The summed E-state index contributed by atoms with van der Waals surface area (Å²) in [5.74, 6) is -0.0315. The summed E-state index contributed by atoms with van der Waals surface area (Å²) in [5.41, 5.74) is 5.39. The number of aromatic nitrogens is 3. The molecule has 2 aromatic heterocycles. The van der Waals surface area contributed by atoms with Crippen molar-refractivity contribution in [2.75, 3.05) is 14.1 Å². The van der Waals surface area contributed by atoms with E-state index >= 15 is 0 Å². The number of rotatable bonds is 4. The zero-order chi connectivity index (χ0) is 19.7. The van der Waals surface area contributed by atoms with Gasteiger partial charge >= 0.3 is 0 Å². The number of carbonyl (C=O) groups is 1. The predicted octanol–water partition coefficient (Wildman–Crippen LogP) is 4.16. The monoisotopic (exact) mass is 370 g/mol. The summed E-state index contributed by atoms with van der Waals surface area (Å²) in [6, 6.07) is 18.0. The fourth-order valence-corrected chi connectivity index (χ4v) is 3.31. The quantitative estimate of drug-likeness (QED) is 0.542. The van der Waals surface area contributed by atoms with Crippen LogP contribution in [0.4, 0.5) is 0 Å². The number of para-hydroxylation sites is 1. The highest BCUT2D eigenvalue weighted by Crippen LogP contribution is 2.27. The fourth-order valence-electron chi connectivity index (χ4n) is 3.31. The molecule has 140 valence electrons. The Hall–Kier alpha value is -3.47. The molecular formula is C23H22N4O. The molecule has 0 spiro atoms. The molecule has 0 aliphatic rings. The lowest BCUT2D eigenvalue weighted by atomic mass is 10.0. The van der Waals surface area contributed by atoms with Crippen molar-refractivity contribution in [2.45, 2.75) is 13.5 Å². The van der Waals surface area contributed by atoms with E-state index in [2.05, 4.69) is 17.2 Å². The summed E-state index contributed by atoms with van der Waals surface area (Å²) in [6.07, 6.45) is 3.78. The van der Waals surface area contributed by atoms with Gasteiger partial charge in [0.2, 0.25) is 0 Å². The van der Waals surface area contributed by atoms with Gasteiger partial charge in [-0.25, -0.2) is 4.98 Å². The molecule has 0 bridgehead atoms. The first-order valence-corrected chi connectivity index (χ1v) is 9.21. The normalized spacial score (nSPS) is 11.0. The molecular weight excluding hydrogens is 348 g/mol. The van der Waals surface area contributed by atoms with E-state index in [9.17, 15) is 4.79 Å². The average Bonchev–Trinajstić information content (AvgIpc) is 3.16. The van der Waals surface area contributed by atoms with Gasteiger partial charge in [0, 0.05) is 31.2 Å². The van der Waals surface area contributed by atoms with Crippen molar-refractivity contribution in [3.63, 3.8) is 0 Å². The summed E-state index contributed by atoms with van der Waals surface area (Å²) < 4.78 is 1.89. The predicted molar refractivity (Wildman–Crippen MR) is 111 cm³/mol. The van der Waals surface area contributed by atoms with Crippen LogP contribution in [0.1, 0.15) is 21.5 Å². The van der Waals surface area contributed by atoms with Crippen LogP contribution >= 0.6 is 0 Å². The second-order valence-corrected chi connectivity index (χ2v) is 7.14. The minimum atomic E-state index is -0.0315. The molecule has 0 aliphatic carbocycles. The van der Waals surface area contributed by atoms with Crippen molar-refractivity contribution >= 4 is 16.8 Å². The summed E-state index contributed by atoms with van der Waals surface area (Å²) in [6.45, 7) is 2.71. The third kappa shape index (κ3) is 3.39. The molecule has 0 N–H and O–H groups in total. The summed E-state index contributed by atoms with van der Waals surface area (Å²) in [5, 5.41) is 5.36. The molecule has 2 aromatic carbocycles. The second kappa shape index (κ2) is 7.27. The van der Waals surface area contributed by atoms with Crippen molar-refractivity contribution in [3.05, 3.63) is 83.7 Å². The lowest BCUT2D eigenvalue weighted by molar-refractivity contribution is 0.0829. The number of pyridine rings is 1. The molecule has 0 atom stereocenters. The molecule has 28 heavy (non-hydrogen) atoms. The van der Waals surface area contributed by atoms with E-state index in [1.54, 1.807) is 25.2 Å². The average molecular weight is 370 g/mol. The maximum Gasteiger partial charge on any atom is 0.254 e. The molecule has 4 aromatic rings. The minimum Gasteiger partial charge on any atom is -0.345 e. The molecule has 5 heteroatoms. The van der Waals surface area contributed by atoms with Gasteiger partial charge in [-0.15, -0.1) is 0 Å². The van der Waals surface area contributed by atoms with E-state index in [0.717, 1.165) is 27.7 Å². The highest BCUT2D eigenvalue weighted by Gasteiger charge is 2.17. The molecule has 0 saturated carbocycles. The number of aryl methyl sites for hydroxylation is 1. The molecule has 4 rings (SSSR count). The van der Waals surface area contributed by atoms with Crippen LogP contribution in [-0.4, -0.2) is 39.7 Å². The maximum atomic E-state index is 12.8. The van der Waals surface area contributed by atoms with Gasteiger partial charge in [-0.2, -0.15) is 5.10 Å². The maximum absolute atomic E-state index is 12.8. The molecule has 0 unspecified atom stereocenters. The molecule has 0 radical (unpaired) electrons. The van der Waals surface area contributed by atoms with Crippen LogP contribution in [0.3, 0.4) is 0 Å². The van der Waals surface area contributed by atoms with Gasteiger partial charge in [0.1, 0.15) is 0 Å². The Balaban J connectivity index is 1.79. The topological polar surface area (TPSA) is 51.0 Å². The van der Waals surface area contributed by atoms with Crippen LogP contribution in [0.2, 0.25) is 0 Å². The number of fused-ring (bicyclic) bond motifs is 1. The third-order valence-corrected chi connectivity index (χ3v) is 4.79. The van der Waals surface area contributed by atoms with Crippen molar-refractivity contribution in [1.29, 1.82) is 0 Å². The van der Waals surface area contributed by atoms with E-state index < -0.39 is 0 Å². The van der Waals surface area contributed by atoms with E-state index in [4.69, 9.17) is 4.98 Å². The van der Waals surface area contributed by atoms with Crippen LogP contribution in [0.25, 0.3) is 22.2 Å². The number of hydrogen-bond acceptors (Lipinski definition) is 3. The Kier molecular flexibility index (Phi) is 4.65. The molecule has 0 fully saturated rings. The lowest BCUT2D eigenvalue weighted by Gasteiger charge is -2.14. The number of benzene rings is 2. The van der Waals surface area contributed by atoms with E-state index in [1.807, 2.05) is 60.3 Å². The van der Waals surface area contributed by atoms with Gasteiger partial charge in [-0.3, -0.25) is 9.48 Å². The van der Waals surface area contributed by atoms with Crippen molar-refractivity contribution < 1.29 is 4.79 Å². The number of amides is 1. The zero-order valence-corrected chi connectivity index (χ0v) is 16.3. The SMILES string of the molecule is Cc1cccc2c(C(=O)N(C)C)cc(-c3cnn(Cc4ccccc4)c3)nc12. The Bertz CT molecular complexity index is 1150. The smallest absolute Gasteiger partial charge is 0.254 e. The minimum absolute atomic E-state index is 0.0315. The van der Waals surface area contributed by atoms with Crippen LogP contribution in [0.15, 0.2) is 67.0 Å². The van der Waals surface area contributed by atoms with E-state index in [0.29, 0.717) is 12.1 Å². The first-order valence-electron chi connectivity index (χ1n) is 9.21. The zero-order valence-electron chi connectivity index (χ0n) is 16.3. The fraction of sp³-hybridized carbons (Fsp3) is 0.174. The van der Waals surface area contributed by atoms with Gasteiger partial charge in [0.05, 0.1) is 29.5 Å². The third-order valence-electron chi connectivity index (χ3n) is 4.79. The van der Waals surface area contributed by atoms with Gasteiger partial charge in [-0.1, -0.05) is 48.5 Å². The Morgan fingerprint density at radius 1 is 1.07 bits per heavy atom. The van der Waals surface area contributed by atoms with Crippen LogP contribution in [-0.2, 0) is 6.54 Å². The summed E-state index contributed by atoms with van der Waals surface area (Å²) >= 11 is 0. The molecule has 0 saturated heterocycles. The van der Waals surface area contributed by atoms with Gasteiger partial charge in [0.15, 0.2) is 0 Å². The highest BCUT2D eigenvalue weighted by atomic mass is 16.2. The van der Waals surface area contributed by atoms with E-state index in [1.165, 1.54) is 5.56 Å².